The van der Waals surface area contributed by atoms with Crippen molar-refractivity contribution in [2.75, 3.05) is 7.11 Å². The van der Waals surface area contributed by atoms with Crippen LogP contribution in [0.2, 0.25) is 0 Å². The summed E-state index contributed by atoms with van der Waals surface area (Å²) >= 11 is 0. The van der Waals surface area contributed by atoms with Gasteiger partial charge in [0.25, 0.3) is 0 Å². The molecule has 0 N–H and O–H groups in total. The van der Waals surface area contributed by atoms with Gasteiger partial charge in [-0.2, -0.15) is 5.10 Å². The normalized spacial score (nSPS) is 10.6. The van der Waals surface area contributed by atoms with Crippen LogP contribution in [0.1, 0.15) is 18.3 Å². The molecular weight excluding hydrogens is 230 g/mol. The molecule has 2 aromatic rings. The van der Waals surface area contributed by atoms with Gasteiger partial charge in [-0.15, -0.1) is 0 Å². The number of nitrogens with zero attached hydrogens (tertiary/aromatic N) is 3. The summed E-state index contributed by atoms with van der Waals surface area (Å²) in [6.45, 7) is 2.50. The number of hydrogen-bond acceptors (Lipinski definition) is 3. The van der Waals surface area contributed by atoms with E-state index in [1.807, 2.05) is 31.2 Å². The zero-order valence-electron chi connectivity index (χ0n) is 10.9. The highest BCUT2D eigenvalue weighted by Crippen LogP contribution is 2.13. The van der Waals surface area contributed by atoms with Crippen molar-refractivity contribution >= 4 is 0 Å². The van der Waals surface area contributed by atoms with Crippen LogP contribution in [0, 0.1) is 0 Å². The summed E-state index contributed by atoms with van der Waals surface area (Å²) in [5.74, 6) is 1.60. The summed E-state index contributed by atoms with van der Waals surface area (Å²) in [7, 11) is 3.39. The molecule has 0 atom stereocenters. The van der Waals surface area contributed by atoms with Crippen molar-refractivity contribution < 1.29 is 4.74 Å². The van der Waals surface area contributed by atoms with E-state index in [4.69, 9.17) is 4.74 Å². The number of aryl methyl sites for hydroxylation is 1. The minimum atomic E-state index is -0.0685. The second-order valence-corrected chi connectivity index (χ2v) is 4.10. The third kappa shape index (κ3) is 2.30. The van der Waals surface area contributed by atoms with Crippen LogP contribution in [0.5, 0.6) is 5.75 Å². The van der Waals surface area contributed by atoms with E-state index < -0.39 is 0 Å². The molecule has 0 unspecified atom stereocenters. The molecule has 1 aromatic heterocycles. The molecule has 0 saturated heterocycles. The Balaban J connectivity index is 2.25. The number of methoxy groups -OCH3 is 1. The molecule has 1 aromatic carbocycles. The Hall–Kier alpha value is -2.04. The van der Waals surface area contributed by atoms with Crippen molar-refractivity contribution in [1.29, 1.82) is 0 Å². The van der Waals surface area contributed by atoms with Gasteiger partial charge in [0.15, 0.2) is 0 Å². The van der Waals surface area contributed by atoms with Crippen molar-refractivity contribution in [1.82, 2.24) is 14.3 Å². The average molecular weight is 247 g/mol. The largest absolute Gasteiger partial charge is 0.497 e. The highest BCUT2D eigenvalue weighted by atomic mass is 16.5. The van der Waals surface area contributed by atoms with Crippen molar-refractivity contribution in [2.45, 2.75) is 19.9 Å². The predicted molar refractivity (Wildman–Crippen MR) is 68.9 cm³/mol. The van der Waals surface area contributed by atoms with E-state index in [0.717, 1.165) is 17.1 Å². The van der Waals surface area contributed by atoms with Crippen molar-refractivity contribution in [3.63, 3.8) is 0 Å². The maximum Gasteiger partial charge on any atom is 0.345 e. The van der Waals surface area contributed by atoms with Crippen LogP contribution >= 0.6 is 0 Å². The zero-order valence-corrected chi connectivity index (χ0v) is 10.9. The summed E-state index contributed by atoms with van der Waals surface area (Å²) in [5.41, 5.74) is 1.04. The Bertz CT molecular complexity index is 581. The lowest BCUT2D eigenvalue weighted by Gasteiger charge is -2.02. The average Bonchev–Trinajstić information content (AvgIpc) is 2.67. The summed E-state index contributed by atoms with van der Waals surface area (Å²) in [6, 6.07) is 7.77. The summed E-state index contributed by atoms with van der Waals surface area (Å²) < 4.78 is 8.17. The van der Waals surface area contributed by atoms with Gasteiger partial charge >= 0.3 is 5.69 Å². The van der Waals surface area contributed by atoms with Gasteiger partial charge < -0.3 is 4.74 Å². The Morgan fingerprint density at radius 1 is 1.28 bits per heavy atom. The Morgan fingerprint density at radius 2 is 1.94 bits per heavy atom. The van der Waals surface area contributed by atoms with E-state index in [2.05, 4.69) is 5.10 Å². The van der Waals surface area contributed by atoms with Crippen LogP contribution < -0.4 is 10.4 Å². The molecular formula is C13H17N3O2. The van der Waals surface area contributed by atoms with E-state index in [-0.39, 0.29) is 5.69 Å². The first-order valence-corrected chi connectivity index (χ1v) is 5.91. The standard InChI is InChI=1S/C13H17N3O2/c1-4-16-13(17)15(2)12(14-16)9-10-5-7-11(18-3)8-6-10/h5-8H,4,9H2,1-3H3. The lowest BCUT2D eigenvalue weighted by Crippen LogP contribution is -2.22. The topological polar surface area (TPSA) is 49.0 Å². The fourth-order valence-electron chi connectivity index (χ4n) is 1.82. The lowest BCUT2D eigenvalue weighted by molar-refractivity contribution is 0.414. The number of benzene rings is 1. The van der Waals surface area contributed by atoms with Gasteiger partial charge in [-0.3, -0.25) is 4.57 Å². The summed E-state index contributed by atoms with van der Waals surface area (Å²) in [6.07, 6.45) is 0.642. The molecule has 0 fully saturated rings. The second-order valence-electron chi connectivity index (χ2n) is 4.10. The number of ether oxygens (including phenoxy) is 1. The maximum atomic E-state index is 11.8. The minimum Gasteiger partial charge on any atom is -0.497 e. The van der Waals surface area contributed by atoms with Gasteiger partial charge in [-0.1, -0.05) is 12.1 Å². The Morgan fingerprint density at radius 3 is 2.44 bits per heavy atom. The van der Waals surface area contributed by atoms with E-state index in [9.17, 15) is 4.79 Å². The Kier molecular flexibility index (Phi) is 3.50. The molecule has 0 aliphatic heterocycles. The molecule has 1 heterocycles. The second kappa shape index (κ2) is 5.08. The van der Waals surface area contributed by atoms with Gasteiger partial charge in [0, 0.05) is 20.0 Å². The molecule has 0 spiro atoms. The van der Waals surface area contributed by atoms with Crippen molar-refractivity contribution in [3.05, 3.63) is 46.1 Å². The van der Waals surface area contributed by atoms with Crippen LogP contribution in [0.4, 0.5) is 0 Å². The summed E-state index contributed by atoms with van der Waals surface area (Å²) in [5, 5.41) is 4.30. The third-order valence-electron chi connectivity index (χ3n) is 2.95. The molecule has 0 saturated carbocycles. The van der Waals surface area contributed by atoms with Crippen LogP contribution in [0.15, 0.2) is 29.1 Å². The first-order chi connectivity index (χ1) is 8.65. The molecule has 0 radical (unpaired) electrons. The smallest absolute Gasteiger partial charge is 0.345 e. The highest BCUT2D eigenvalue weighted by molar-refractivity contribution is 5.28. The van der Waals surface area contributed by atoms with Gasteiger partial charge in [-0.25, -0.2) is 9.48 Å². The number of aromatic nitrogens is 3. The van der Waals surface area contributed by atoms with Crippen molar-refractivity contribution in [2.24, 2.45) is 7.05 Å². The van der Waals surface area contributed by atoms with Crippen LogP contribution in [0.25, 0.3) is 0 Å². The molecule has 0 aliphatic carbocycles. The highest BCUT2D eigenvalue weighted by Gasteiger charge is 2.09. The summed E-state index contributed by atoms with van der Waals surface area (Å²) in [4.78, 5) is 11.8. The minimum absolute atomic E-state index is 0.0685. The number of hydrogen-bond donors (Lipinski definition) is 0. The van der Waals surface area contributed by atoms with Gasteiger partial charge in [-0.05, 0) is 24.6 Å². The first kappa shape index (κ1) is 12.4. The molecule has 0 bridgehead atoms. The van der Waals surface area contributed by atoms with E-state index in [0.29, 0.717) is 13.0 Å². The maximum absolute atomic E-state index is 11.8. The van der Waals surface area contributed by atoms with Crippen molar-refractivity contribution in [3.8, 4) is 5.75 Å². The monoisotopic (exact) mass is 247 g/mol. The fraction of sp³-hybridized carbons (Fsp3) is 0.385. The molecule has 96 valence electrons. The zero-order chi connectivity index (χ0) is 13.1. The predicted octanol–water partition coefficient (Wildman–Crippen LogP) is 1.20. The van der Waals surface area contributed by atoms with E-state index in [1.165, 1.54) is 4.68 Å². The Labute approximate surface area is 106 Å². The van der Waals surface area contributed by atoms with Crippen LogP contribution in [-0.4, -0.2) is 21.5 Å². The molecule has 18 heavy (non-hydrogen) atoms. The quantitative estimate of drug-likeness (QED) is 0.815. The SMILES string of the molecule is CCn1nc(Cc2ccc(OC)cc2)n(C)c1=O. The fourth-order valence-corrected chi connectivity index (χ4v) is 1.82. The molecule has 5 nitrogen and oxygen atoms in total. The molecule has 5 heteroatoms. The van der Waals surface area contributed by atoms with Gasteiger partial charge in [0.2, 0.25) is 0 Å². The third-order valence-corrected chi connectivity index (χ3v) is 2.95. The van der Waals surface area contributed by atoms with Gasteiger partial charge in [0.05, 0.1) is 7.11 Å². The van der Waals surface area contributed by atoms with Crippen LogP contribution in [0.3, 0.4) is 0 Å². The van der Waals surface area contributed by atoms with Gasteiger partial charge in [0.1, 0.15) is 11.6 Å². The molecule has 0 amide bonds. The number of rotatable bonds is 4. The lowest BCUT2D eigenvalue weighted by atomic mass is 10.1. The molecule has 2 rings (SSSR count). The van der Waals surface area contributed by atoms with E-state index in [1.54, 1.807) is 18.7 Å². The van der Waals surface area contributed by atoms with Crippen LogP contribution in [-0.2, 0) is 20.0 Å². The van der Waals surface area contributed by atoms with E-state index >= 15 is 0 Å². The molecule has 0 aliphatic rings. The first-order valence-electron chi connectivity index (χ1n) is 5.91.